The molecule has 2 nitrogen and oxygen atoms in total. The second kappa shape index (κ2) is 7.56. The van der Waals surface area contributed by atoms with Crippen molar-refractivity contribution in [3.8, 4) is 6.07 Å². The van der Waals surface area contributed by atoms with Crippen LogP contribution in [0.15, 0.2) is 65.1 Å². The van der Waals surface area contributed by atoms with Crippen molar-refractivity contribution in [1.29, 1.82) is 5.26 Å². The van der Waals surface area contributed by atoms with Crippen LogP contribution < -0.4 is 0 Å². The van der Waals surface area contributed by atoms with E-state index < -0.39 is 5.92 Å². The van der Waals surface area contributed by atoms with Gasteiger partial charge in [-0.05, 0) is 17.7 Å². The van der Waals surface area contributed by atoms with Gasteiger partial charge in [0.15, 0.2) is 5.78 Å². The summed E-state index contributed by atoms with van der Waals surface area (Å²) in [7, 11) is 0. The molecule has 3 heteroatoms. The van der Waals surface area contributed by atoms with E-state index in [-0.39, 0.29) is 12.2 Å². The molecule has 0 aliphatic carbocycles. The normalized spacial score (nSPS) is 12.0. The molecule has 0 saturated carbocycles. The molecule has 0 fully saturated rings. The zero-order valence-corrected chi connectivity index (χ0v) is 13.0. The molecular formula is C18H14BrNO. The highest BCUT2D eigenvalue weighted by Crippen LogP contribution is 2.16. The number of benzene rings is 2. The third kappa shape index (κ3) is 4.70. The number of rotatable bonds is 5. The Balaban J connectivity index is 2.04. The van der Waals surface area contributed by atoms with E-state index in [9.17, 15) is 10.1 Å². The summed E-state index contributed by atoms with van der Waals surface area (Å²) in [4.78, 5) is 12.2. The number of Topliss-reactive ketones (excluding diaryl/α,β-unsaturated/α-hetero) is 1. The highest BCUT2D eigenvalue weighted by Gasteiger charge is 2.12. The number of carbonyl (C=O) groups excluding carboxylic acids is 1. The fourth-order valence-corrected chi connectivity index (χ4v) is 2.33. The number of halogens is 1. The quantitative estimate of drug-likeness (QED) is 0.728. The minimum atomic E-state index is -0.420. The van der Waals surface area contributed by atoms with Crippen LogP contribution in [0.5, 0.6) is 0 Å². The molecule has 0 saturated heterocycles. The predicted molar refractivity (Wildman–Crippen MR) is 87.7 cm³/mol. The van der Waals surface area contributed by atoms with E-state index in [1.54, 1.807) is 18.2 Å². The van der Waals surface area contributed by atoms with Crippen LogP contribution in [-0.2, 0) is 0 Å². The molecule has 0 heterocycles. The van der Waals surface area contributed by atoms with Gasteiger partial charge in [0, 0.05) is 16.5 Å². The molecule has 1 unspecified atom stereocenters. The molecular weight excluding hydrogens is 326 g/mol. The molecule has 0 spiro atoms. The lowest BCUT2D eigenvalue weighted by Gasteiger charge is -2.04. The Labute approximate surface area is 132 Å². The van der Waals surface area contributed by atoms with E-state index in [0.29, 0.717) is 5.56 Å². The summed E-state index contributed by atoms with van der Waals surface area (Å²) in [5.41, 5.74) is 1.64. The maximum atomic E-state index is 12.2. The Morgan fingerprint density at radius 1 is 1.19 bits per heavy atom. The number of carbonyl (C=O) groups is 1. The Bertz CT molecular complexity index is 686. The minimum absolute atomic E-state index is 0.0273. The molecule has 0 aromatic heterocycles. The van der Waals surface area contributed by atoms with Crippen molar-refractivity contribution >= 4 is 27.8 Å². The fourth-order valence-electron chi connectivity index (χ4n) is 1.93. The summed E-state index contributed by atoms with van der Waals surface area (Å²) in [5.74, 6) is -0.447. The first kappa shape index (κ1) is 15.2. The molecule has 2 aromatic rings. The number of allylic oxidation sites excluding steroid dienone is 1. The third-order valence-corrected chi connectivity index (χ3v) is 3.53. The number of hydrogen-bond donors (Lipinski definition) is 0. The molecule has 1 atom stereocenters. The Hall–Kier alpha value is -2.18. The molecule has 21 heavy (non-hydrogen) atoms. The number of ketones is 1. The van der Waals surface area contributed by atoms with Gasteiger partial charge in [-0.25, -0.2) is 0 Å². The molecule has 104 valence electrons. The summed E-state index contributed by atoms with van der Waals surface area (Å²) in [5, 5.41) is 9.19. The van der Waals surface area contributed by atoms with E-state index in [1.807, 2.05) is 48.5 Å². The van der Waals surface area contributed by atoms with Crippen molar-refractivity contribution in [2.24, 2.45) is 5.92 Å². The van der Waals surface area contributed by atoms with Gasteiger partial charge in [0.05, 0.1) is 12.0 Å². The van der Waals surface area contributed by atoms with E-state index in [2.05, 4.69) is 22.0 Å². The molecule has 0 aliphatic heterocycles. The van der Waals surface area contributed by atoms with Crippen LogP contribution in [0, 0.1) is 17.2 Å². The summed E-state index contributed by atoms with van der Waals surface area (Å²) < 4.78 is 0.863. The molecule has 0 aliphatic rings. The first-order valence-corrected chi connectivity index (χ1v) is 7.40. The minimum Gasteiger partial charge on any atom is -0.294 e. The monoisotopic (exact) mass is 339 g/mol. The Kier molecular flexibility index (Phi) is 5.48. The second-order valence-electron chi connectivity index (χ2n) is 4.64. The van der Waals surface area contributed by atoms with Gasteiger partial charge in [0.25, 0.3) is 0 Å². The van der Waals surface area contributed by atoms with Crippen molar-refractivity contribution in [2.45, 2.75) is 6.42 Å². The first-order valence-electron chi connectivity index (χ1n) is 6.60. The average molecular weight is 340 g/mol. The topological polar surface area (TPSA) is 40.9 Å². The van der Waals surface area contributed by atoms with Crippen LogP contribution in [0.25, 0.3) is 6.08 Å². The average Bonchev–Trinajstić information content (AvgIpc) is 2.52. The highest BCUT2D eigenvalue weighted by atomic mass is 79.9. The molecule has 2 aromatic carbocycles. The number of nitriles is 1. The van der Waals surface area contributed by atoms with E-state index in [0.717, 1.165) is 10.0 Å². The van der Waals surface area contributed by atoms with E-state index in [1.165, 1.54) is 0 Å². The Morgan fingerprint density at radius 3 is 2.62 bits per heavy atom. The Morgan fingerprint density at radius 2 is 1.95 bits per heavy atom. The number of hydrogen-bond acceptors (Lipinski definition) is 2. The summed E-state index contributed by atoms with van der Waals surface area (Å²) >= 11 is 3.34. The maximum absolute atomic E-state index is 12.2. The zero-order valence-electron chi connectivity index (χ0n) is 11.4. The van der Waals surface area contributed by atoms with Gasteiger partial charge in [-0.2, -0.15) is 5.26 Å². The van der Waals surface area contributed by atoms with Crippen molar-refractivity contribution in [1.82, 2.24) is 0 Å². The SMILES string of the molecule is N#CC(/C=C/c1ccccc1)CC(=O)c1cccc(Br)c1. The summed E-state index contributed by atoms with van der Waals surface area (Å²) in [6.45, 7) is 0. The van der Waals surface area contributed by atoms with Crippen molar-refractivity contribution in [3.63, 3.8) is 0 Å². The van der Waals surface area contributed by atoms with Gasteiger partial charge in [0.2, 0.25) is 0 Å². The summed E-state index contributed by atoms with van der Waals surface area (Å²) in [6.07, 6.45) is 3.85. The van der Waals surface area contributed by atoms with E-state index in [4.69, 9.17) is 0 Å². The number of nitrogens with zero attached hydrogens (tertiary/aromatic N) is 1. The van der Waals surface area contributed by atoms with Crippen molar-refractivity contribution in [2.75, 3.05) is 0 Å². The smallest absolute Gasteiger partial charge is 0.164 e. The van der Waals surface area contributed by atoms with Crippen LogP contribution in [0.4, 0.5) is 0 Å². The largest absolute Gasteiger partial charge is 0.294 e. The fraction of sp³-hybridized carbons (Fsp3) is 0.111. The van der Waals surface area contributed by atoms with Crippen LogP contribution in [-0.4, -0.2) is 5.78 Å². The van der Waals surface area contributed by atoms with Gasteiger partial charge in [-0.1, -0.05) is 70.5 Å². The zero-order chi connectivity index (χ0) is 15.1. The lowest BCUT2D eigenvalue weighted by molar-refractivity contribution is 0.0976. The predicted octanol–water partition coefficient (Wildman–Crippen LogP) is 4.88. The molecule has 0 N–H and O–H groups in total. The van der Waals surface area contributed by atoms with Gasteiger partial charge >= 0.3 is 0 Å². The van der Waals surface area contributed by atoms with Gasteiger partial charge in [-0.15, -0.1) is 0 Å². The maximum Gasteiger partial charge on any atom is 0.164 e. The molecule has 0 amide bonds. The van der Waals surface area contributed by atoms with Crippen molar-refractivity contribution in [3.05, 3.63) is 76.3 Å². The lowest BCUT2D eigenvalue weighted by Crippen LogP contribution is -2.05. The molecule has 0 radical (unpaired) electrons. The van der Waals surface area contributed by atoms with Gasteiger partial charge in [0.1, 0.15) is 0 Å². The van der Waals surface area contributed by atoms with Crippen molar-refractivity contribution < 1.29 is 4.79 Å². The second-order valence-corrected chi connectivity index (χ2v) is 5.56. The van der Waals surface area contributed by atoms with Crippen LogP contribution >= 0.6 is 15.9 Å². The first-order chi connectivity index (χ1) is 10.2. The van der Waals surface area contributed by atoms with Gasteiger partial charge < -0.3 is 0 Å². The highest BCUT2D eigenvalue weighted by molar-refractivity contribution is 9.10. The van der Waals surface area contributed by atoms with Crippen LogP contribution in [0.2, 0.25) is 0 Å². The standard InChI is InChI=1S/C18H14BrNO/c19-17-8-4-7-16(12-17)18(21)11-15(13-20)10-9-14-5-2-1-3-6-14/h1-10,12,15H,11H2/b10-9+. The molecule has 0 bridgehead atoms. The van der Waals surface area contributed by atoms with Crippen LogP contribution in [0.3, 0.4) is 0 Å². The summed E-state index contributed by atoms with van der Waals surface area (Å²) in [6, 6.07) is 19.1. The van der Waals surface area contributed by atoms with Crippen LogP contribution in [0.1, 0.15) is 22.3 Å². The van der Waals surface area contributed by atoms with E-state index >= 15 is 0 Å². The third-order valence-electron chi connectivity index (χ3n) is 3.04. The molecule has 2 rings (SSSR count). The van der Waals surface area contributed by atoms with Gasteiger partial charge in [-0.3, -0.25) is 4.79 Å². The lowest BCUT2D eigenvalue weighted by atomic mass is 9.98.